The predicted octanol–water partition coefficient (Wildman–Crippen LogP) is 18.1. The minimum absolute atomic E-state index is 0.0830. The Morgan fingerprint density at radius 2 is 0.571 bits per heavy atom. The summed E-state index contributed by atoms with van der Waals surface area (Å²) in [5.41, 5.74) is 0. The SMILES string of the molecule is CCCCC/C=C\C/C=C\C/C=C\CCCCC(=O)O[C@H](COC(=O)CCCCCCCCCCCCC)COC(=O)CCCCCCCCCCCCCCCCCCCCC. The van der Waals surface area contributed by atoms with Crippen LogP contribution < -0.4 is 0 Å². The number of carbonyl (C=O) groups excluding carboxylic acids is 3. The molecule has 0 unspecified atom stereocenters. The molecule has 0 spiro atoms. The summed E-state index contributed by atoms with van der Waals surface area (Å²) in [6.07, 6.45) is 61.4. The van der Waals surface area contributed by atoms with Crippen LogP contribution in [0.15, 0.2) is 36.5 Å². The molecule has 0 saturated heterocycles. The molecule has 0 radical (unpaired) electrons. The van der Waals surface area contributed by atoms with E-state index in [4.69, 9.17) is 14.2 Å². The Balaban J connectivity index is 4.33. The van der Waals surface area contributed by atoms with Gasteiger partial charge in [0.1, 0.15) is 13.2 Å². The lowest BCUT2D eigenvalue weighted by Gasteiger charge is -2.18. The fourth-order valence-corrected chi connectivity index (χ4v) is 7.98. The molecule has 0 bridgehead atoms. The molecular weight excluding hydrogens is 781 g/mol. The van der Waals surface area contributed by atoms with E-state index in [1.165, 1.54) is 180 Å². The molecule has 0 aromatic rings. The Labute approximate surface area is 391 Å². The Hall–Kier alpha value is -2.37. The Bertz CT molecular complexity index is 1060. The third-order valence-corrected chi connectivity index (χ3v) is 12.1. The summed E-state index contributed by atoms with van der Waals surface area (Å²) in [5.74, 6) is -0.908. The van der Waals surface area contributed by atoms with Gasteiger partial charge in [0.15, 0.2) is 6.10 Å². The van der Waals surface area contributed by atoms with Crippen molar-refractivity contribution in [1.29, 1.82) is 0 Å². The lowest BCUT2D eigenvalue weighted by Crippen LogP contribution is -2.30. The molecule has 0 fully saturated rings. The van der Waals surface area contributed by atoms with Crippen LogP contribution in [0.4, 0.5) is 0 Å². The van der Waals surface area contributed by atoms with E-state index in [-0.39, 0.29) is 37.5 Å². The highest BCUT2D eigenvalue weighted by Gasteiger charge is 2.19. The van der Waals surface area contributed by atoms with Crippen molar-refractivity contribution < 1.29 is 28.6 Å². The number of esters is 3. The van der Waals surface area contributed by atoms with Crippen LogP contribution in [0, 0.1) is 0 Å². The van der Waals surface area contributed by atoms with Crippen LogP contribution in [0.2, 0.25) is 0 Å². The van der Waals surface area contributed by atoms with Gasteiger partial charge in [-0.3, -0.25) is 14.4 Å². The lowest BCUT2D eigenvalue weighted by atomic mass is 10.0. The molecule has 0 amide bonds. The highest BCUT2D eigenvalue weighted by Crippen LogP contribution is 2.16. The zero-order valence-electron chi connectivity index (χ0n) is 42.1. The second-order valence-electron chi connectivity index (χ2n) is 18.5. The van der Waals surface area contributed by atoms with Gasteiger partial charge in [-0.2, -0.15) is 0 Å². The molecule has 0 heterocycles. The molecule has 0 N–H and O–H groups in total. The summed E-state index contributed by atoms with van der Waals surface area (Å²) in [6.45, 7) is 6.60. The van der Waals surface area contributed by atoms with Crippen molar-refractivity contribution in [2.24, 2.45) is 0 Å². The lowest BCUT2D eigenvalue weighted by molar-refractivity contribution is -0.167. The number of carbonyl (C=O) groups is 3. The molecule has 0 aromatic carbocycles. The number of rotatable bonds is 50. The maximum Gasteiger partial charge on any atom is 0.306 e. The summed E-state index contributed by atoms with van der Waals surface area (Å²) in [4.78, 5) is 38.0. The van der Waals surface area contributed by atoms with E-state index in [0.29, 0.717) is 19.3 Å². The summed E-state index contributed by atoms with van der Waals surface area (Å²) < 4.78 is 16.8. The molecular formula is C57H104O6. The first-order chi connectivity index (χ1) is 31.0. The van der Waals surface area contributed by atoms with E-state index in [1.807, 2.05) is 0 Å². The van der Waals surface area contributed by atoms with Gasteiger partial charge in [0.05, 0.1) is 0 Å². The van der Waals surface area contributed by atoms with E-state index >= 15 is 0 Å². The fourth-order valence-electron chi connectivity index (χ4n) is 7.98. The minimum atomic E-state index is -0.786. The largest absolute Gasteiger partial charge is 0.462 e. The first-order valence-corrected chi connectivity index (χ1v) is 27.5. The predicted molar refractivity (Wildman–Crippen MR) is 270 cm³/mol. The topological polar surface area (TPSA) is 78.9 Å². The van der Waals surface area contributed by atoms with Crippen LogP contribution in [0.3, 0.4) is 0 Å². The molecule has 63 heavy (non-hydrogen) atoms. The standard InChI is InChI=1S/C57H104O6/c1-4-7-10-13-16-19-22-24-26-27-28-29-31-32-35-38-41-44-47-50-56(59)62-53-54(52-61-55(58)49-46-43-40-37-34-21-18-15-12-9-6-3)63-57(60)51-48-45-42-39-36-33-30-25-23-20-17-14-11-8-5-2/h17,20,25,30,36,39,54H,4-16,18-19,21-24,26-29,31-35,37-38,40-53H2,1-3H3/b20-17-,30-25-,39-36-/t54-/m1/s1. The minimum Gasteiger partial charge on any atom is -0.462 e. The van der Waals surface area contributed by atoms with Crippen LogP contribution in [0.5, 0.6) is 0 Å². The van der Waals surface area contributed by atoms with Gasteiger partial charge < -0.3 is 14.2 Å². The van der Waals surface area contributed by atoms with Crippen LogP contribution in [0.25, 0.3) is 0 Å². The van der Waals surface area contributed by atoms with Crippen molar-refractivity contribution in [3.05, 3.63) is 36.5 Å². The Morgan fingerprint density at radius 1 is 0.317 bits per heavy atom. The third-order valence-electron chi connectivity index (χ3n) is 12.1. The average molecular weight is 885 g/mol. The highest BCUT2D eigenvalue weighted by atomic mass is 16.6. The summed E-state index contributed by atoms with van der Waals surface area (Å²) >= 11 is 0. The van der Waals surface area contributed by atoms with Gasteiger partial charge in [0.2, 0.25) is 0 Å². The molecule has 0 aliphatic heterocycles. The molecule has 6 heteroatoms. The second kappa shape index (κ2) is 52.3. The first-order valence-electron chi connectivity index (χ1n) is 27.5. The van der Waals surface area contributed by atoms with Crippen molar-refractivity contribution in [1.82, 2.24) is 0 Å². The van der Waals surface area contributed by atoms with Gasteiger partial charge in [-0.25, -0.2) is 0 Å². The maximum absolute atomic E-state index is 12.8. The number of hydrogen-bond donors (Lipinski definition) is 0. The molecule has 0 rings (SSSR count). The summed E-state index contributed by atoms with van der Waals surface area (Å²) in [7, 11) is 0. The van der Waals surface area contributed by atoms with Crippen LogP contribution >= 0.6 is 0 Å². The van der Waals surface area contributed by atoms with Gasteiger partial charge in [-0.05, 0) is 57.8 Å². The quantitative estimate of drug-likeness (QED) is 0.0262. The number of allylic oxidation sites excluding steroid dienone is 6. The van der Waals surface area contributed by atoms with Gasteiger partial charge in [-0.1, -0.05) is 250 Å². The van der Waals surface area contributed by atoms with Crippen molar-refractivity contribution in [2.45, 2.75) is 297 Å². The maximum atomic E-state index is 12.8. The number of unbranched alkanes of at least 4 members (excludes halogenated alkanes) is 33. The van der Waals surface area contributed by atoms with E-state index < -0.39 is 6.10 Å². The van der Waals surface area contributed by atoms with Crippen molar-refractivity contribution in [2.75, 3.05) is 13.2 Å². The van der Waals surface area contributed by atoms with Crippen molar-refractivity contribution in [3.8, 4) is 0 Å². The molecule has 1 atom stereocenters. The number of hydrogen-bond acceptors (Lipinski definition) is 6. The monoisotopic (exact) mass is 885 g/mol. The second-order valence-corrected chi connectivity index (χ2v) is 18.5. The van der Waals surface area contributed by atoms with E-state index in [0.717, 1.165) is 64.2 Å². The third kappa shape index (κ3) is 50.5. The van der Waals surface area contributed by atoms with Gasteiger partial charge in [0.25, 0.3) is 0 Å². The smallest absolute Gasteiger partial charge is 0.306 e. The average Bonchev–Trinajstić information content (AvgIpc) is 3.28. The van der Waals surface area contributed by atoms with Crippen LogP contribution in [-0.4, -0.2) is 37.2 Å². The van der Waals surface area contributed by atoms with Crippen LogP contribution in [-0.2, 0) is 28.6 Å². The molecule has 0 aromatic heterocycles. The van der Waals surface area contributed by atoms with E-state index in [9.17, 15) is 14.4 Å². The summed E-state index contributed by atoms with van der Waals surface area (Å²) in [6, 6.07) is 0. The number of ether oxygens (including phenoxy) is 3. The zero-order chi connectivity index (χ0) is 45.8. The van der Waals surface area contributed by atoms with Gasteiger partial charge >= 0.3 is 17.9 Å². The molecule has 0 aliphatic carbocycles. The first kappa shape index (κ1) is 60.6. The normalized spacial score (nSPS) is 12.2. The van der Waals surface area contributed by atoms with Crippen molar-refractivity contribution >= 4 is 17.9 Å². The molecule has 368 valence electrons. The Kier molecular flexibility index (Phi) is 50.3. The van der Waals surface area contributed by atoms with Crippen molar-refractivity contribution in [3.63, 3.8) is 0 Å². The van der Waals surface area contributed by atoms with E-state index in [2.05, 4.69) is 57.2 Å². The van der Waals surface area contributed by atoms with E-state index in [1.54, 1.807) is 0 Å². The zero-order valence-corrected chi connectivity index (χ0v) is 42.1. The van der Waals surface area contributed by atoms with Crippen LogP contribution in [0.1, 0.15) is 290 Å². The van der Waals surface area contributed by atoms with Gasteiger partial charge in [-0.15, -0.1) is 0 Å². The fraction of sp³-hybridized carbons (Fsp3) is 0.842. The molecule has 0 aliphatic rings. The Morgan fingerprint density at radius 3 is 0.921 bits per heavy atom. The molecule has 0 saturated carbocycles. The molecule has 6 nitrogen and oxygen atoms in total. The summed E-state index contributed by atoms with van der Waals surface area (Å²) in [5, 5.41) is 0. The highest BCUT2D eigenvalue weighted by molar-refractivity contribution is 5.71. The van der Waals surface area contributed by atoms with Gasteiger partial charge in [0, 0.05) is 19.3 Å².